The number of fused-ring (bicyclic) bond motifs is 1. The Kier molecular flexibility index (Phi) is 4.90. The van der Waals surface area contributed by atoms with Crippen LogP contribution in [0.1, 0.15) is 0 Å². The zero-order valence-electron chi connectivity index (χ0n) is 15.3. The maximum absolute atomic E-state index is 6.13. The summed E-state index contributed by atoms with van der Waals surface area (Å²) in [5.74, 6) is 0.707. The van der Waals surface area contributed by atoms with Gasteiger partial charge in [-0.1, -0.05) is 18.2 Å². The standard InChI is InChI=1S/C20H22ClN5O/c1-15(14-26-20-16(13-23-26)4-3-7-22-20)24-8-10-25(11-9-24)17-5-6-18(21)19(12-17)27-2/h3-7,12-13H,1,8-11,14H2,2H3. The van der Waals surface area contributed by atoms with Gasteiger partial charge in [0.25, 0.3) is 0 Å². The van der Waals surface area contributed by atoms with Crippen LogP contribution in [-0.2, 0) is 6.54 Å². The highest BCUT2D eigenvalue weighted by Gasteiger charge is 2.20. The summed E-state index contributed by atoms with van der Waals surface area (Å²) in [5, 5.41) is 6.13. The van der Waals surface area contributed by atoms with Crippen LogP contribution in [0.25, 0.3) is 11.0 Å². The van der Waals surface area contributed by atoms with Crippen LogP contribution in [0.2, 0.25) is 5.02 Å². The maximum atomic E-state index is 6.13. The molecule has 1 aromatic carbocycles. The Labute approximate surface area is 163 Å². The summed E-state index contributed by atoms with van der Waals surface area (Å²) >= 11 is 6.13. The molecule has 27 heavy (non-hydrogen) atoms. The van der Waals surface area contributed by atoms with E-state index in [-0.39, 0.29) is 0 Å². The number of hydrogen-bond donors (Lipinski definition) is 0. The number of piperazine rings is 1. The number of halogens is 1. The predicted octanol–water partition coefficient (Wildman–Crippen LogP) is 3.43. The van der Waals surface area contributed by atoms with Gasteiger partial charge in [0.05, 0.1) is 24.9 Å². The first-order chi connectivity index (χ1) is 13.2. The lowest BCUT2D eigenvalue weighted by molar-refractivity contribution is 0.305. The highest BCUT2D eigenvalue weighted by atomic mass is 35.5. The minimum absolute atomic E-state index is 0.633. The summed E-state index contributed by atoms with van der Waals surface area (Å²) < 4.78 is 7.24. The third-order valence-corrected chi connectivity index (χ3v) is 5.27. The van der Waals surface area contributed by atoms with Crippen molar-refractivity contribution >= 4 is 28.3 Å². The second-order valence-electron chi connectivity index (χ2n) is 6.58. The van der Waals surface area contributed by atoms with Gasteiger partial charge in [-0.15, -0.1) is 0 Å². The molecule has 3 aromatic rings. The van der Waals surface area contributed by atoms with Gasteiger partial charge in [-0.05, 0) is 24.3 Å². The van der Waals surface area contributed by atoms with Gasteiger partial charge in [-0.2, -0.15) is 5.10 Å². The van der Waals surface area contributed by atoms with Crippen LogP contribution in [0, 0.1) is 0 Å². The summed E-state index contributed by atoms with van der Waals surface area (Å²) in [6.45, 7) is 8.59. The van der Waals surface area contributed by atoms with Crippen molar-refractivity contribution in [1.82, 2.24) is 19.7 Å². The summed E-state index contributed by atoms with van der Waals surface area (Å²) in [6.07, 6.45) is 3.64. The molecule has 0 unspecified atom stereocenters. The minimum Gasteiger partial charge on any atom is -0.495 e. The summed E-state index contributed by atoms with van der Waals surface area (Å²) in [7, 11) is 1.64. The summed E-state index contributed by atoms with van der Waals surface area (Å²) in [5.41, 5.74) is 3.08. The molecule has 1 fully saturated rings. The van der Waals surface area contributed by atoms with Crippen molar-refractivity contribution in [2.75, 3.05) is 38.2 Å². The van der Waals surface area contributed by atoms with Crippen LogP contribution in [-0.4, -0.2) is 53.0 Å². The average Bonchev–Trinajstić information content (AvgIpc) is 3.11. The first kappa shape index (κ1) is 17.7. The molecule has 0 saturated carbocycles. The smallest absolute Gasteiger partial charge is 0.158 e. The van der Waals surface area contributed by atoms with Crippen molar-refractivity contribution in [3.05, 3.63) is 60.0 Å². The molecular weight excluding hydrogens is 362 g/mol. The molecule has 0 N–H and O–H groups in total. The van der Waals surface area contributed by atoms with Gasteiger partial charge >= 0.3 is 0 Å². The molecular formula is C20H22ClN5O. The van der Waals surface area contributed by atoms with E-state index >= 15 is 0 Å². The largest absolute Gasteiger partial charge is 0.495 e. The van der Waals surface area contributed by atoms with Crippen molar-refractivity contribution in [2.24, 2.45) is 0 Å². The molecule has 2 aromatic heterocycles. The highest BCUT2D eigenvalue weighted by molar-refractivity contribution is 6.32. The molecule has 0 spiro atoms. The van der Waals surface area contributed by atoms with Crippen LogP contribution < -0.4 is 9.64 Å². The molecule has 0 aliphatic carbocycles. The first-order valence-corrected chi connectivity index (χ1v) is 9.31. The lowest BCUT2D eigenvalue weighted by Crippen LogP contribution is -2.46. The Bertz CT molecular complexity index is 962. The molecule has 7 heteroatoms. The average molecular weight is 384 g/mol. The zero-order chi connectivity index (χ0) is 18.8. The van der Waals surface area contributed by atoms with E-state index in [4.69, 9.17) is 16.3 Å². The topological polar surface area (TPSA) is 46.4 Å². The van der Waals surface area contributed by atoms with E-state index in [0.29, 0.717) is 17.3 Å². The molecule has 0 bridgehead atoms. The fourth-order valence-corrected chi connectivity index (χ4v) is 3.62. The van der Waals surface area contributed by atoms with E-state index < -0.39 is 0 Å². The van der Waals surface area contributed by atoms with Gasteiger partial charge in [0, 0.05) is 55.2 Å². The Morgan fingerprint density at radius 2 is 2.04 bits per heavy atom. The van der Waals surface area contributed by atoms with Crippen molar-refractivity contribution in [1.29, 1.82) is 0 Å². The predicted molar refractivity (Wildman–Crippen MR) is 108 cm³/mol. The van der Waals surface area contributed by atoms with E-state index in [2.05, 4.69) is 26.5 Å². The molecule has 140 valence electrons. The number of anilines is 1. The van der Waals surface area contributed by atoms with Gasteiger partial charge in [-0.3, -0.25) is 0 Å². The number of allylic oxidation sites excluding steroid dienone is 1. The fourth-order valence-electron chi connectivity index (χ4n) is 3.43. The molecule has 4 rings (SSSR count). The monoisotopic (exact) mass is 383 g/mol. The Hall–Kier alpha value is -2.73. The number of aromatic nitrogens is 3. The van der Waals surface area contributed by atoms with Crippen molar-refractivity contribution in [3.8, 4) is 5.75 Å². The number of nitrogens with zero attached hydrogens (tertiary/aromatic N) is 5. The SMILES string of the molecule is C=C(Cn1ncc2cccnc21)N1CCN(c2ccc(Cl)c(OC)c2)CC1. The van der Waals surface area contributed by atoms with Crippen LogP contribution in [0.15, 0.2) is 55.0 Å². The van der Waals surface area contributed by atoms with Gasteiger partial charge < -0.3 is 14.5 Å². The molecule has 3 heterocycles. The molecule has 0 amide bonds. The van der Waals surface area contributed by atoms with E-state index in [1.54, 1.807) is 13.3 Å². The minimum atomic E-state index is 0.633. The van der Waals surface area contributed by atoms with Crippen molar-refractivity contribution in [3.63, 3.8) is 0 Å². The summed E-state index contributed by atoms with van der Waals surface area (Å²) in [4.78, 5) is 9.08. The highest BCUT2D eigenvalue weighted by Crippen LogP contribution is 2.30. The second kappa shape index (κ2) is 7.48. The number of hydrogen-bond acceptors (Lipinski definition) is 5. The number of ether oxygens (including phenoxy) is 1. The first-order valence-electron chi connectivity index (χ1n) is 8.93. The second-order valence-corrected chi connectivity index (χ2v) is 6.98. The number of rotatable bonds is 5. The molecule has 0 radical (unpaired) electrons. The molecule has 1 aliphatic heterocycles. The molecule has 0 atom stereocenters. The van der Waals surface area contributed by atoms with E-state index in [9.17, 15) is 0 Å². The number of methoxy groups -OCH3 is 1. The normalized spacial score (nSPS) is 14.6. The molecule has 1 aliphatic rings. The maximum Gasteiger partial charge on any atom is 0.158 e. The quantitative estimate of drug-likeness (QED) is 0.675. The fraction of sp³-hybridized carbons (Fsp3) is 0.300. The molecule has 1 saturated heterocycles. The lowest BCUT2D eigenvalue weighted by atomic mass is 10.2. The van der Waals surface area contributed by atoms with Crippen LogP contribution >= 0.6 is 11.6 Å². The van der Waals surface area contributed by atoms with Crippen molar-refractivity contribution in [2.45, 2.75) is 6.54 Å². The van der Waals surface area contributed by atoms with E-state index in [1.807, 2.05) is 41.2 Å². The molecule has 6 nitrogen and oxygen atoms in total. The van der Waals surface area contributed by atoms with Gasteiger partial charge in [0.2, 0.25) is 0 Å². The van der Waals surface area contributed by atoms with Gasteiger partial charge in [-0.25, -0.2) is 9.67 Å². The zero-order valence-corrected chi connectivity index (χ0v) is 16.1. The van der Waals surface area contributed by atoms with Gasteiger partial charge in [0.1, 0.15) is 5.75 Å². The third-order valence-electron chi connectivity index (χ3n) is 4.96. The Morgan fingerprint density at radius 1 is 1.22 bits per heavy atom. The van der Waals surface area contributed by atoms with Crippen molar-refractivity contribution < 1.29 is 4.74 Å². The number of pyridine rings is 1. The van der Waals surface area contributed by atoms with Gasteiger partial charge in [0.15, 0.2) is 5.65 Å². The number of benzene rings is 1. The third kappa shape index (κ3) is 3.57. The van der Waals surface area contributed by atoms with E-state index in [0.717, 1.165) is 48.6 Å². The van der Waals surface area contributed by atoms with Crippen LogP contribution in [0.3, 0.4) is 0 Å². The van der Waals surface area contributed by atoms with Crippen LogP contribution in [0.4, 0.5) is 5.69 Å². The Balaban J connectivity index is 1.39. The Morgan fingerprint density at radius 3 is 2.81 bits per heavy atom. The summed E-state index contributed by atoms with van der Waals surface area (Å²) in [6, 6.07) is 9.87. The lowest BCUT2D eigenvalue weighted by Gasteiger charge is -2.38. The van der Waals surface area contributed by atoms with E-state index in [1.165, 1.54) is 0 Å². The van der Waals surface area contributed by atoms with Crippen LogP contribution in [0.5, 0.6) is 5.75 Å².